The van der Waals surface area contributed by atoms with Crippen LogP contribution in [0.1, 0.15) is 11.1 Å². The van der Waals surface area contributed by atoms with E-state index in [0.717, 1.165) is 33.7 Å². The highest BCUT2D eigenvalue weighted by Crippen LogP contribution is 2.24. The summed E-state index contributed by atoms with van der Waals surface area (Å²) < 4.78 is 1.47. The van der Waals surface area contributed by atoms with Gasteiger partial charge in [-0.2, -0.15) is 0 Å². The van der Waals surface area contributed by atoms with E-state index in [1.165, 1.54) is 4.57 Å². The summed E-state index contributed by atoms with van der Waals surface area (Å²) in [7, 11) is 0. The Morgan fingerprint density at radius 1 is 1.16 bits per heavy atom. The average molecular weight is 373 g/mol. The Bertz CT molecular complexity index is 971. The number of carbonyl (C=O) groups is 1. The van der Waals surface area contributed by atoms with Crippen LogP contribution in [0.5, 0.6) is 0 Å². The molecule has 0 atom stereocenters. The molecule has 0 bridgehead atoms. The predicted octanol–water partition coefficient (Wildman–Crippen LogP) is 4.49. The van der Waals surface area contributed by atoms with Gasteiger partial charge in [0.2, 0.25) is 5.91 Å². The van der Waals surface area contributed by atoms with Crippen LogP contribution >= 0.6 is 22.9 Å². The quantitative estimate of drug-likeness (QED) is 0.733. The first-order valence-corrected chi connectivity index (χ1v) is 9.02. The van der Waals surface area contributed by atoms with Crippen molar-refractivity contribution in [3.05, 3.63) is 73.7 Å². The number of thiazole rings is 1. The van der Waals surface area contributed by atoms with Crippen molar-refractivity contribution >= 4 is 34.5 Å². The molecule has 4 nitrogen and oxygen atoms in total. The third kappa shape index (κ3) is 3.83. The van der Waals surface area contributed by atoms with E-state index in [-0.39, 0.29) is 17.3 Å². The van der Waals surface area contributed by atoms with Crippen LogP contribution in [0.3, 0.4) is 0 Å². The fourth-order valence-electron chi connectivity index (χ4n) is 2.69. The maximum atomic E-state index is 12.5. The van der Waals surface area contributed by atoms with E-state index in [0.29, 0.717) is 10.7 Å². The minimum absolute atomic E-state index is 0.0437. The zero-order valence-electron chi connectivity index (χ0n) is 13.9. The van der Waals surface area contributed by atoms with E-state index in [1.807, 2.05) is 44.2 Å². The zero-order chi connectivity index (χ0) is 18.0. The van der Waals surface area contributed by atoms with Crippen molar-refractivity contribution in [2.75, 3.05) is 5.32 Å². The summed E-state index contributed by atoms with van der Waals surface area (Å²) in [4.78, 5) is 24.5. The number of halogens is 1. The normalized spacial score (nSPS) is 10.7. The molecule has 1 heterocycles. The summed E-state index contributed by atoms with van der Waals surface area (Å²) in [5.74, 6) is -0.235. The number of nitrogens with zero attached hydrogens (tertiary/aromatic N) is 1. The summed E-state index contributed by atoms with van der Waals surface area (Å²) in [6, 6.07) is 13.1. The largest absolute Gasteiger partial charge is 0.324 e. The number of anilines is 1. The predicted molar refractivity (Wildman–Crippen MR) is 104 cm³/mol. The van der Waals surface area contributed by atoms with Gasteiger partial charge in [-0.25, -0.2) is 0 Å². The fraction of sp³-hybridized carbons (Fsp3) is 0.158. The topological polar surface area (TPSA) is 51.1 Å². The lowest BCUT2D eigenvalue weighted by Gasteiger charge is -2.13. The van der Waals surface area contributed by atoms with Crippen LogP contribution in [-0.4, -0.2) is 10.5 Å². The number of para-hydroxylation sites is 1. The number of carbonyl (C=O) groups excluding carboxylic acids is 1. The van der Waals surface area contributed by atoms with Gasteiger partial charge in [0, 0.05) is 21.7 Å². The number of aryl methyl sites for hydroxylation is 2. The van der Waals surface area contributed by atoms with Gasteiger partial charge in [0.1, 0.15) is 6.54 Å². The van der Waals surface area contributed by atoms with Crippen LogP contribution in [-0.2, 0) is 11.3 Å². The number of rotatable bonds is 4. The van der Waals surface area contributed by atoms with Crippen molar-refractivity contribution < 1.29 is 4.79 Å². The lowest BCUT2D eigenvalue weighted by molar-refractivity contribution is -0.116. The molecule has 1 amide bonds. The standard InChI is InChI=1S/C19H17ClN2O2S/c1-12-5-3-6-13(2)18(12)21-17(23)10-22-16(11-25-19(22)24)14-7-4-8-15(20)9-14/h3-9,11H,10H2,1-2H3,(H,21,23). The Balaban J connectivity index is 1.87. The Hall–Kier alpha value is -2.37. The van der Waals surface area contributed by atoms with Crippen molar-refractivity contribution in [1.82, 2.24) is 4.57 Å². The van der Waals surface area contributed by atoms with Crippen LogP contribution in [0, 0.1) is 13.8 Å². The summed E-state index contributed by atoms with van der Waals surface area (Å²) >= 11 is 7.11. The van der Waals surface area contributed by atoms with Gasteiger partial charge in [-0.3, -0.25) is 14.2 Å². The molecule has 0 unspecified atom stereocenters. The summed E-state index contributed by atoms with van der Waals surface area (Å²) in [5.41, 5.74) is 4.27. The minimum Gasteiger partial charge on any atom is -0.324 e. The summed E-state index contributed by atoms with van der Waals surface area (Å²) in [5, 5.41) is 5.25. The number of hydrogen-bond donors (Lipinski definition) is 1. The number of aromatic nitrogens is 1. The minimum atomic E-state index is -0.235. The molecule has 6 heteroatoms. The highest BCUT2D eigenvalue weighted by Gasteiger charge is 2.14. The van der Waals surface area contributed by atoms with Gasteiger partial charge in [0.25, 0.3) is 0 Å². The molecule has 2 aromatic carbocycles. The average Bonchev–Trinajstić information content (AvgIpc) is 2.92. The SMILES string of the molecule is Cc1cccc(C)c1NC(=O)Cn1c(-c2cccc(Cl)c2)csc1=O. The third-order valence-corrected chi connectivity index (χ3v) is 4.95. The number of benzene rings is 2. The second-order valence-electron chi connectivity index (χ2n) is 5.80. The van der Waals surface area contributed by atoms with E-state index >= 15 is 0 Å². The zero-order valence-corrected chi connectivity index (χ0v) is 15.4. The van der Waals surface area contributed by atoms with Gasteiger partial charge in [-0.15, -0.1) is 0 Å². The lowest BCUT2D eigenvalue weighted by atomic mass is 10.1. The van der Waals surface area contributed by atoms with E-state index in [9.17, 15) is 9.59 Å². The van der Waals surface area contributed by atoms with Crippen molar-refractivity contribution in [2.45, 2.75) is 20.4 Å². The molecule has 1 aromatic heterocycles. The third-order valence-electron chi connectivity index (χ3n) is 3.95. The number of amides is 1. The maximum absolute atomic E-state index is 12.5. The van der Waals surface area contributed by atoms with Crippen molar-refractivity contribution in [3.63, 3.8) is 0 Å². The molecule has 0 fully saturated rings. The molecule has 3 aromatic rings. The van der Waals surface area contributed by atoms with Crippen LogP contribution < -0.4 is 10.2 Å². The van der Waals surface area contributed by atoms with Crippen molar-refractivity contribution in [1.29, 1.82) is 0 Å². The van der Waals surface area contributed by atoms with E-state index in [1.54, 1.807) is 17.5 Å². The van der Waals surface area contributed by atoms with E-state index in [4.69, 9.17) is 11.6 Å². The second kappa shape index (κ2) is 7.25. The Labute approximate surface area is 154 Å². The highest BCUT2D eigenvalue weighted by molar-refractivity contribution is 7.07. The number of nitrogens with one attached hydrogen (secondary N) is 1. The van der Waals surface area contributed by atoms with Crippen molar-refractivity contribution in [2.24, 2.45) is 0 Å². The Kier molecular flexibility index (Phi) is 5.06. The van der Waals surface area contributed by atoms with E-state index in [2.05, 4.69) is 5.32 Å². The van der Waals surface area contributed by atoms with Crippen LogP contribution in [0.4, 0.5) is 5.69 Å². The Morgan fingerprint density at radius 2 is 1.84 bits per heavy atom. The molecule has 25 heavy (non-hydrogen) atoms. The van der Waals surface area contributed by atoms with Gasteiger partial charge in [-0.05, 0) is 37.1 Å². The van der Waals surface area contributed by atoms with Gasteiger partial charge in [0.15, 0.2) is 0 Å². The molecule has 3 rings (SSSR count). The van der Waals surface area contributed by atoms with Gasteiger partial charge in [0.05, 0.1) is 5.69 Å². The number of hydrogen-bond acceptors (Lipinski definition) is 3. The fourth-order valence-corrected chi connectivity index (χ4v) is 3.64. The Morgan fingerprint density at radius 3 is 2.52 bits per heavy atom. The summed E-state index contributed by atoms with van der Waals surface area (Å²) in [6.07, 6.45) is 0. The smallest absolute Gasteiger partial charge is 0.308 e. The molecule has 0 spiro atoms. The molecule has 128 valence electrons. The molecule has 0 aliphatic heterocycles. The van der Waals surface area contributed by atoms with Gasteiger partial charge >= 0.3 is 4.87 Å². The highest BCUT2D eigenvalue weighted by atomic mass is 35.5. The van der Waals surface area contributed by atoms with E-state index < -0.39 is 0 Å². The molecule has 1 N–H and O–H groups in total. The molecular weight excluding hydrogens is 356 g/mol. The monoisotopic (exact) mass is 372 g/mol. The molecule has 0 saturated heterocycles. The van der Waals surface area contributed by atoms with Crippen LogP contribution in [0.15, 0.2) is 52.6 Å². The lowest BCUT2D eigenvalue weighted by Crippen LogP contribution is -2.25. The first kappa shape index (κ1) is 17.5. The maximum Gasteiger partial charge on any atom is 0.308 e. The molecule has 0 saturated carbocycles. The van der Waals surface area contributed by atoms with Gasteiger partial charge < -0.3 is 5.32 Å². The second-order valence-corrected chi connectivity index (χ2v) is 7.06. The van der Waals surface area contributed by atoms with Crippen LogP contribution in [0.2, 0.25) is 5.02 Å². The van der Waals surface area contributed by atoms with Gasteiger partial charge in [-0.1, -0.05) is 53.3 Å². The van der Waals surface area contributed by atoms with Crippen molar-refractivity contribution in [3.8, 4) is 11.3 Å². The summed E-state index contributed by atoms with van der Waals surface area (Å²) in [6.45, 7) is 3.84. The molecule has 0 aliphatic carbocycles. The first-order valence-electron chi connectivity index (χ1n) is 7.76. The molecular formula is C19H17ClN2O2S. The van der Waals surface area contributed by atoms with Crippen LogP contribution in [0.25, 0.3) is 11.3 Å². The first-order chi connectivity index (χ1) is 12.0. The molecule has 0 aliphatic rings. The molecule has 0 radical (unpaired) electrons.